The van der Waals surface area contributed by atoms with E-state index in [2.05, 4.69) is 5.92 Å². The summed E-state index contributed by atoms with van der Waals surface area (Å²) >= 11 is 0. The molecule has 0 saturated carbocycles. The third kappa shape index (κ3) is 5.61. The van der Waals surface area contributed by atoms with Crippen molar-refractivity contribution in [3.05, 3.63) is 0 Å². The fraction of sp³-hybridized carbons (Fsp3) is 0.700. The van der Waals surface area contributed by atoms with E-state index in [4.69, 9.17) is 11.2 Å². The van der Waals surface area contributed by atoms with Crippen molar-refractivity contribution < 1.29 is 17.9 Å². The summed E-state index contributed by atoms with van der Waals surface area (Å²) in [6, 6.07) is 0. The van der Waals surface area contributed by atoms with Gasteiger partial charge in [-0.05, 0) is 20.8 Å². The van der Waals surface area contributed by atoms with Crippen LogP contribution in [0.3, 0.4) is 0 Å². The average molecular weight is 247 g/mol. The van der Waals surface area contributed by atoms with Crippen LogP contribution in [-0.2, 0) is 14.8 Å². The second-order valence-corrected chi connectivity index (χ2v) is 6.18. The summed E-state index contributed by atoms with van der Waals surface area (Å²) < 4.78 is 28.2. The molecule has 16 heavy (non-hydrogen) atoms. The van der Waals surface area contributed by atoms with Crippen LogP contribution in [0.15, 0.2) is 0 Å². The Labute approximate surface area is 96.8 Å². The monoisotopic (exact) mass is 247 g/mol. The van der Waals surface area contributed by atoms with Crippen molar-refractivity contribution >= 4 is 16.1 Å². The molecule has 0 aliphatic heterocycles. The van der Waals surface area contributed by atoms with Crippen molar-refractivity contribution in [2.75, 3.05) is 12.8 Å². The fourth-order valence-corrected chi connectivity index (χ4v) is 1.60. The molecule has 0 radical (unpaired) electrons. The van der Waals surface area contributed by atoms with Gasteiger partial charge >= 0.3 is 6.09 Å². The molecule has 0 heterocycles. The largest absolute Gasteiger partial charge is 0.443 e. The molecular weight excluding hydrogens is 230 g/mol. The standard InChI is InChI=1S/C10H17NO4S/c1-6-7-8-11(16(5,13)14)9(12)15-10(2,3)4/h1H,7-8H2,2-5H3. The molecule has 0 N–H and O–H groups in total. The Bertz CT molecular complexity index is 386. The second kappa shape index (κ2) is 5.21. The van der Waals surface area contributed by atoms with Crippen LogP contribution in [-0.4, -0.2) is 37.2 Å². The highest BCUT2D eigenvalue weighted by Crippen LogP contribution is 2.12. The Morgan fingerprint density at radius 2 is 1.94 bits per heavy atom. The molecule has 0 aromatic heterocycles. The van der Waals surface area contributed by atoms with Gasteiger partial charge in [-0.25, -0.2) is 17.5 Å². The maximum absolute atomic E-state index is 11.6. The van der Waals surface area contributed by atoms with Crippen LogP contribution in [0.4, 0.5) is 4.79 Å². The minimum absolute atomic E-state index is 0.0652. The minimum atomic E-state index is -3.65. The molecule has 0 unspecified atom stereocenters. The molecule has 0 aliphatic rings. The molecule has 0 aromatic carbocycles. The average Bonchev–Trinajstić information content (AvgIpc) is 1.98. The lowest BCUT2D eigenvalue weighted by Crippen LogP contribution is -2.40. The van der Waals surface area contributed by atoms with E-state index in [9.17, 15) is 13.2 Å². The van der Waals surface area contributed by atoms with Crippen LogP contribution in [0.2, 0.25) is 0 Å². The normalized spacial score (nSPS) is 11.7. The Kier molecular flexibility index (Phi) is 4.81. The SMILES string of the molecule is C#CCCN(C(=O)OC(C)(C)C)S(C)(=O)=O. The number of rotatable bonds is 3. The summed E-state index contributed by atoms with van der Waals surface area (Å²) in [5, 5.41) is 0. The highest BCUT2D eigenvalue weighted by molar-refractivity contribution is 7.88. The van der Waals surface area contributed by atoms with E-state index >= 15 is 0 Å². The Balaban J connectivity index is 4.80. The van der Waals surface area contributed by atoms with Gasteiger partial charge in [-0.3, -0.25) is 0 Å². The Hall–Kier alpha value is -1.22. The molecule has 0 bridgehead atoms. The lowest BCUT2D eigenvalue weighted by molar-refractivity contribution is 0.0395. The van der Waals surface area contributed by atoms with Crippen molar-refractivity contribution in [2.24, 2.45) is 0 Å². The maximum Gasteiger partial charge on any atom is 0.424 e. The summed E-state index contributed by atoms with van der Waals surface area (Å²) in [5.41, 5.74) is -0.740. The first-order valence-corrected chi connectivity index (χ1v) is 6.57. The number of hydrogen-bond acceptors (Lipinski definition) is 4. The minimum Gasteiger partial charge on any atom is -0.443 e. The predicted octanol–water partition coefficient (Wildman–Crippen LogP) is 1.21. The van der Waals surface area contributed by atoms with E-state index in [-0.39, 0.29) is 13.0 Å². The maximum atomic E-state index is 11.6. The van der Waals surface area contributed by atoms with Gasteiger partial charge in [-0.15, -0.1) is 12.3 Å². The number of hydrogen-bond donors (Lipinski definition) is 0. The van der Waals surface area contributed by atoms with Gasteiger partial charge in [0.15, 0.2) is 0 Å². The van der Waals surface area contributed by atoms with Crippen LogP contribution in [0.5, 0.6) is 0 Å². The van der Waals surface area contributed by atoms with Crippen LogP contribution >= 0.6 is 0 Å². The molecule has 0 rings (SSSR count). The van der Waals surface area contributed by atoms with E-state index in [1.54, 1.807) is 20.8 Å². The zero-order chi connectivity index (χ0) is 13.0. The molecule has 5 nitrogen and oxygen atoms in total. The van der Waals surface area contributed by atoms with E-state index in [0.29, 0.717) is 4.31 Å². The first-order chi connectivity index (χ1) is 7.08. The van der Waals surface area contributed by atoms with Crippen molar-refractivity contribution in [1.82, 2.24) is 4.31 Å². The Morgan fingerprint density at radius 3 is 2.25 bits per heavy atom. The van der Waals surface area contributed by atoms with E-state index in [0.717, 1.165) is 6.26 Å². The van der Waals surface area contributed by atoms with Gasteiger partial charge in [0.1, 0.15) is 5.60 Å². The molecule has 0 spiro atoms. The number of nitrogens with zero attached hydrogens (tertiary/aromatic N) is 1. The molecule has 92 valence electrons. The van der Waals surface area contributed by atoms with E-state index in [1.165, 1.54) is 0 Å². The molecule has 6 heteroatoms. The highest BCUT2D eigenvalue weighted by atomic mass is 32.2. The number of carbonyl (C=O) groups is 1. The summed E-state index contributed by atoms with van der Waals surface area (Å²) in [6.45, 7) is 4.91. The fourth-order valence-electron chi connectivity index (χ4n) is 0.871. The van der Waals surface area contributed by atoms with Gasteiger partial charge in [0.2, 0.25) is 10.0 Å². The molecule has 0 fully saturated rings. The van der Waals surface area contributed by atoms with Crippen molar-refractivity contribution in [3.8, 4) is 12.3 Å². The lowest BCUT2D eigenvalue weighted by atomic mass is 10.2. The predicted molar refractivity (Wildman–Crippen MR) is 61.2 cm³/mol. The molecule has 0 aliphatic carbocycles. The van der Waals surface area contributed by atoms with Gasteiger partial charge in [-0.2, -0.15) is 0 Å². The van der Waals surface area contributed by atoms with E-state index < -0.39 is 21.7 Å². The van der Waals surface area contributed by atoms with Gasteiger partial charge < -0.3 is 4.74 Å². The third-order valence-corrected chi connectivity index (χ3v) is 2.59. The molecule has 0 atom stereocenters. The first kappa shape index (κ1) is 14.8. The lowest BCUT2D eigenvalue weighted by Gasteiger charge is -2.25. The molecular formula is C10H17NO4S. The zero-order valence-corrected chi connectivity index (χ0v) is 10.8. The molecule has 1 amide bonds. The third-order valence-electron chi connectivity index (χ3n) is 1.46. The van der Waals surface area contributed by atoms with Crippen LogP contribution in [0.1, 0.15) is 27.2 Å². The summed E-state index contributed by atoms with van der Waals surface area (Å²) in [6.07, 6.45) is 5.22. The summed E-state index contributed by atoms with van der Waals surface area (Å²) in [4.78, 5) is 11.6. The smallest absolute Gasteiger partial charge is 0.424 e. The van der Waals surface area contributed by atoms with Gasteiger partial charge in [0, 0.05) is 6.42 Å². The van der Waals surface area contributed by atoms with Gasteiger partial charge in [0.05, 0.1) is 12.8 Å². The second-order valence-electron chi connectivity index (χ2n) is 4.27. The molecule has 0 saturated heterocycles. The number of sulfonamides is 1. The number of carbonyl (C=O) groups excluding carboxylic acids is 1. The number of amides is 1. The van der Waals surface area contributed by atoms with Crippen molar-refractivity contribution in [2.45, 2.75) is 32.8 Å². The summed E-state index contributed by atoms with van der Waals surface area (Å²) in [5.74, 6) is 2.27. The van der Waals surface area contributed by atoms with Gasteiger partial charge in [0.25, 0.3) is 0 Å². The van der Waals surface area contributed by atoms with E-state index in [1.807, 2.05) is 0 Å². The number of terminal acetylenes is 1. The molecule has 0 aromatic rings. The number of ether oxygens (including phenoxy) is 1. The highest BCUT2D eigenvalue weighted by Gasteiger charge is 2.27. The van der Waals surface area contributed by atoms with Gasteiger partial charge in [-0.1, -0.05) is 0 Å². The first-order valence-electron chi connectivity index (χ1n) is 4.72. The van der Waals surface area contributed by atoms with Crippen molar-refractivity contribution in [1.29, 1.82) is 0 Å². The topological polar surface area (TPSA) is 63.7 Å². The zero-order valence-electron chi connectivity index (χ0n) is 9.98. The summed E-state index contributed by atoms with van der Waals surface area (Å²) in [7, 11) is -3.65. The Morgan fingerprint density at radius 1 is 1.44 bits per heavy atom. The quantitative estimate of drug-likeness (QED) is 0.703. The van der Waals surface area contributed by atoms with Crippen LogP contribution in [0.25, 0.3) is 0 Å². The van der Waals surface area contributed by atoms with Crippen LogP contribution < -0.4 is 0 Å². The van der Waals surface area contributed by atoms with Crippen LogP contribution in [0, 0.1) is 12.3 Å². The van der Waals surface area contributed by atoms with Crippen molar-refractivity contribution in [3.63, 3.8) is 0 Å².